The number of hydrogen-bond donors (Lipinski definition) is 2. The molecular formula is C27H27F2N3O4S. The summed E-state index contributed by atoms with van der Waals surface area (Å²) in [5.74, 6) is -3.20. The smallest absolute Gasteiger partial charge is 0.264 e. The summed E-state index contributed by atoms with van der Waals surface area (Å²) < 4.78 is 55.4. The molecule has 7 nitrogen and oxygen atoms in total. The van der Waals surface area contributed by atoms with Crippen molar-refractivity contribution in [1.29, 1.82) is 0 Å². The van der Waals surface area contributed by atoms with E-state index >= 15 is 0 Å². The zero-order valence-corrected chi connectivity index (χ0v) is 20.8. The van der Waals surface area contributed by atoms with Crippen molar-refractivity contribution in [2.75, 3.05) is 6.54 Å². The van der Waals surface area contributed by atoms with Crippen LogP contribution in [0.5, 0.6) is 0 Å². The molecule has 194 valence electrons. The first-order valence-electron chi connectivity index (χ1n) is 11.9. The van der Waals surface area contributed by atoms with E-state index in [0.29, 0.717) is 43.1 Å². The summed E-state index contributed by atoms with van der Waals surface area (Å²) in [5, 5.41) is 5.56. The molecule has 2 amide bonds. The standard InChI is InChI=1S/C27H27F2N3O4S/c28-23-14-13-22(16-24(23)29)37(35,36)32(25-8-4-5-15-30-27(25)34)18-20-9-11-21(12-10-20)26(33)31-17-19-6-2-1-3-7-19/h1-3,6-7,9,11-14,16,18,25H,4-5,8,10,15,17H2,(H,30,34)(H,31,33)/b20-18-/t25-/m1/s1. The number of nitrogens with zero attached hydrogens (tertiary/aromatic N) is 1. The first-order chi connectivity index (χ1) is 17.8. The maximum Gasteiger partial charge on any atom is 0.264 e. The van der Waals surface area contributed by atoms with Crippen molar-refractivity contribution in [3.05, 3.63) is 101 Å². The third-order valence-electron chi connectivity index (χ3n) is 6.17. The predicted molar refractivity (Wildman–Crippen MR) is 134 cm³/mol. The van der Waals surface area contributed by atoms with Gasteiger partial charge in [0.25, 0.3) is 15.9 Å². The number of hydrogen-bond acceptors (Lipinski definition) is 4. The van der Waals surface area contributed by atoms with Crippen LogP contribution in [0.15, 0.2) is 89.0 Å². The number of benzene rings is 2. The molecule has 2 aromatic rings. The van der Waals surface area contributed by atoms with E-state index in [0.717, 1.165) is 22.0 Å². The quantitative estimate of drug-likeness (QED) is 0.574. The Balaban J connectivity index is 1.57. The van der Waals surface area contributed by atoms with Crippen molar-refractivity contribution in [3.63, 3.8) is 0 Å². The van der Waals surface area contributed by atoms with Crippen LogP contribution in [0, 0.1) is 11.6 Å². The molecule has 0 saturated carbocycles. The van der Waals surface area contributed by atoms with Crippen molar-refractivity contribution < 1.29 is 26.8 Å². The number of sulfonamides is 1. The molecular weight excluding hydrogens is 500 g/mol. The van der Waals surface area contributed by atoms with Crippen molar-refractivity contribution >= 4 is 21.8 Å². The number of allylic oxidation sites excluding steroid dienone is 3. The second-order valence-electron chi connectivity index (χ2n) is 8.78. The number of nitrogens with one attached hydrogen (secondary N) is 2. The number of rotatable bonds is 7. The van der Waals surface area contributed by atoms with Gasteiger partial charge in [0.15, 0.2) is 11.6 Å². The largest absolute Gasteiger partial charge is 0.354 e. The molecule has 1 fully saturated rings. The van der Waals surface area contributed by atoms with Gasteiger partial charge in [-0.3, -0.25) is 13.9 Å². The van der Waals surface area contributed by atoms with Gasteiger partial charge in [0.05, 0.1) is 4.90 Å². The molecule has 0 spiro atoms. The van der Waals surface area contributed by atoms with Gasteiger partial charge in [-0.1, -0.05) is 42.5 Å². The van der Waals surface area contributed by atoms with E-state index in [4.69, 9.17) is 0 Å². The van der Waals surface area contributed by atoms with E-state index in [-0.39, 0.29) is 18.7 Å². The second kappa shape index (κ2) is 11.5. The lowest BCUT2D eigenvalue weighted by Gasteiger charge is -2.29. The van der Waals surface area contributed by atoms with E-state index < -0.39 is 38.5 Å². The van der Waals surface area contributed by atoms with Crippen LogP contribution in [0.2, 0.25) is 0 Å². The lowest BCUT2D eigenvalue weighted by atomic mass is 10.0. The maximum atomic E-state index is 13.9. The van der Waals surface area contributed by atoms with Gasteiger partial charge in [-0.05, 0) is 61.1 Å². The van der Waals surface area contributed by atoms with Gasteiger partial charge in [0.1, 0.15) is 6.04 Å². The molecule has 1 atom stereocenters. The van der Waals surface area contributed by atoms with Crippen molar-refractivity contribution in [2.45, 2.75) is 43.2 Å². The van der Waals surface area contributed by atoms with Crippen LogP contribution < -0.4 is 10.6 Å². The number of carbonyl (C=O) groups is 2. The van der Waals surface area contributed by atoms with Crippen LogP contribution in [-0.4, -0.2) is 37.1 Å². The van der Waals surface area contributed by atoms with Gasteiger partial charge in [-0.25, -0.2) is 17.2 Å². The van der Waals surface area contributed by atoms with Crippen molar-refractivity contribution in [3.8, 4) is 0 Å². The van der Waals surface area contributed by atoms with Crippen LogP contribution >= 0.6 is 0 Å². The lowest BCUT2D eigenvalue weighted by Crippen LogP contribution is -2.46. The van der Waals surface area contributed by atoms with Crippen LogP contribution in [-0.2, 0) is 26.2 Å². The summed E-state index contributed by atoms with van der Waals surface area (Å²) in [7, 11) is -4.40. The molecule has 0 unspecified atom stereocenters. The molecule has 10 heteroatoms. The fourth-order valence-corrected chi connectivity index (χ4v) is 5.67. The summed E-state index contributed by atoms with van der Waals surface area (Å²) >= 11 is 0. The zero-order chi connectivity index (χ0) is 26.4. The lowest BCUT2D eigenvalue weighted by molar-refractivity contribution is -0.124. The fraction of sp³-hybridized carbons (Fsp3) is 0.259. The summed E-state index contributed by atoms with van der Waals surface area (Å²) in [6.07, 6.45) is 8.00. The molecule has 2 aliphatic rings. The Bertz CT molecular complexity index is 1370. The summed E-state index contributed by atoms with van der Waals surface area (Å²) in [6.45, 7) is 0.791. The molecule has 1 saturated heterocycles. The van der Waals surface area contributed by atoms with E-state index in [9.17, 15) is 26.8 Å². The fourth-order valence-electron chi connectivity index (χ4n) is 4.12. The van der Waals surface area contributed by atoms with Gasteiger partial charge >= 0.3 is 0 Å². The molecule has 0 aromatic heterocycles. The Morgan fingerprint density at radius 3 is 2.57 bits per heavy atom. The number of carbonyl (C=O) groups excluding carboxylic acids is 2. The summed E-state index contributed by atoms with van der Waals surface area (Å²) in [5.41, 5.74) is 1.91. The van der Waals surface area contributed by atoms with Gasteiger partial charge in [0.2, 0.25) is 5.91 Å². The molecule has 2 N–H and O–H groups in total. The minimum absolute atomic E-state index is 0.239. The molecule has 1 aliphatic heterocycles. The topological polar surface area (TPSA) is 95.6 Å². The average molecular weight is 528 g/mol. The molecule has 0 radical (unpaired) electrons. The molecule has 1 heterocycles. The highest BCUT2D eigenvalue weighted by molar-refractivity contribution is 7.89. The number of halogens is 2. The first kappa shape index (κ1) is 26.3. The Kier molecular flexibility index (Phi) is 8.17. The SMILES string of the molecule is O=C(NCc1ccccc1)C1=CC/C(=C\N([C@@H]2CCCCNC2=O)S(=O)(=O)c2ccc(F)c(F)c2)C=C1. The van der Waals surface area contributed by atoms with Gasteiger partial charge < -0.3 is 10.6 Å². The molecule has 37 heavy (non-hydrogen) atoms. The Morgan fingerprint density at radius 2 is 1.86 bits per heavy atom. The van der Waals surface area contributed by atoms with Gasteiger partial charge in [-0.2, -0.15) is 0 Å². The zero-order valence-electron chi connectivity index (χ0n) is 20.0. The van der Waals surface area contributed by atoms with Crippen molar-refractivity contribution in [2.24, 2.45) is 0 Å². The number of amides is 2. The van der Waals surface area contributed by atoms with E-state index in [1.54, 1.807) is 18.2 Å². The monoisotopic (exact) mass is 527 g/mol. The third kappa shape index (κ3) is 6.32. The van der Waals surface area contributed by atoms with Crippen molar-refractivity contribution in [1.82, 2.24) is 14.9 Å². The Morgan fingerprint density at radius 1 is 1.08 bits per heavy atom. The minimum Gasteiger partial charge on any atom is -0.354 e. The molecule has 1 aliphatic carbocycles. The van der Waals surface area contributed by atoms with E-state index in [2.05, 4.69) is 10.6 Å². The predicted octanol–water partition coefficient (Wildman–Crippen LogP) is 3.71. The van der Waals surface area contributed by atoms with Crippen LogP contribution in [0.1, 0.15) is 31.2 Å². The molecule has 0 bridgehead atoms. The van der Waals surface area contributed by atoms with E-state index in [1.807, 2.05) is 30.3 Å². The highest BCUT2D eigenvalue weighted by Crippen LogP contribution is 2.27. The van der Waals surface area contributed by atoms with Crippen LogP contribution in [0.4, 0.5) is 8.78 Å². The molecule has 2 aromatic carbocycles. The highest BCUT2D eigenvalue weighted by Gasteiger charge is 2.35. The second-order valence-corrected chi connectivity index (χ2v) is 10.6. The van der Waals surface area contributed by atoms with E-state index in [1.165, 1.54) is 6.20 Å². The van der Waals surface area contributed by atoms with Crippen LogP contribution in [0.25, 0.3) is 0 Å². The highest BCUT2D eigenvalue weighted by atomic mass is 32.2. The average Bonchev–Trinajstić information content (AvgIpc) is 3.12. The Hall–Kier alpha value is -3.79. The molecule has 4 rings (SSSR count). The van der Waals surface area contributed by atoms with Crippen LogP contribution in [0.3, 0.4) is 0 Å². The third-order valence-corrected chi connectivity index (χ3v) is 7.93. The maximum absolute atomic E-state index is 13.9. The summed E-state index contributed by atoms with van der Waals surface area (Å²) in [4.78, 5) is 24.9. The van der Waals surface area contributed by atoms with Gasteiger partial charge in [-0.15, -0.1) is 0 Å². The van der Waals surface area contributed by atoms with Gasteiger partial charge in [0, 0.05) is 24.9 Å². The normalized spacial score (nSPS) is 19.1. The first-order valence-corrected chi connectivity index (χ1v) is 13.4. The summed E-state index contributed by atoms with van der Waals surface area (Å²) in [6, 6.07) is 10.7. The Labute approximate surface area is 214 Å². The minimum atomic E-state index is -4.40.